The Kier molecular flexibility index (Phi) is 16.2. The van der Waals surface area contributed by atoms with E-state index in [9.17, 15) is 14.4 Å². The first-order valence-corrected chi connectivity index (χ1v) is 16.7. The number of methoxy groups -OCH3 is 1. The Morgan fingerprint density at radius 1 is 1.11 bits per heavy atom. The second kappa shape index (κ2) is 19.3. The van der Waals surface area contributed by atoms with Gasteiger partial charge in [-0.1, -0.05) is 27.7 Å². The third-order valence-electron chi connectivity index (χ3n) is 7.21. The van der Waals surface area contributed by atoms with E-state index in [1.54, 1.807) is 23.2 Å². The number of fused-ring (bicyclic) bond motifs is 1. The van der Waals surface area contributed by atoms with E-state index >= 15 is 0 Å². The summed E-state index contributed by atoms with van der Waals surface area (Å²) in [5.74, 6) is 1.15. The highest BCUT2D eigenvalue weighted by Crippen LogP contribution is 2.30. The number of amides is 3. The summed E-state index contributed by atoms with van der Waals surface area (Å²) in [5, 5.41) is 0.987. The first-order valence-electron chi connectivity index (χ1n) is 16.7. The maximum absolute atomic E-state index is 12.1. The fraction of sp³-hybridized carbons (Fsp3) is 0.686. The van der Waals surface area contributed by atoms with E-state index in [0.717, 1.165) is 60.9 Å². The molecule has 1 aromatic carbocycles. The van der Waals surface area contributed by atoms with E-state index in [0.29, 0.717) is 51.4 Å². The molecule has 3 amide bonds. The van der Waals surface area contributed by atoms with Crippen molar-refractivity contribution in [3.63, 3.8) is 0 Å². The molecule has 1 aromatic heterocycles. The zero-order valence-electron chi connectivity index (χ0n) is 29.5. The van der Waals surface area contributed by atoms with Crippen molar-refractivity contribution in [3.8, 4) is 5.75 Å². The average Bonchev–Trinajstić information content (AvgIpc) is 3.74. The first kappa shape index (κ1) is 38.7. The molecule has 11 heteroatoms. The summed E-state index contributed by atoms with van der Waals surface area (Å²) in [7, 11) is 1.69. The summed E-state index contributed by atoms with van der Waals surface area (Å²) in [6, 6.07) is 6.38. The summed E-state index contributed by atoms with van der Waals surface area (Å²) in [5.41, 5.74) is 1.44. The Hall–Kier alpha value is -3.47. The van der Waals surface area contributed by atoms with Gasteiger partial charge < -0.3 is 38.1 Å². The summed E-state index contributed by atoms with van der Waals surface area (Å²) in [6.45, 7) is 19.3. The largest absolute Gasteiger partial charge is 0.493 e. The minimum atomic E-state index is -0.510. The van der Waals surface area contributed by atoms with Crippen molar-refractivity contribution in [2.75, 3.05) is 53.1 Å². The van der Waals surface area contributed by atoms with E-state index in [4.69, 9.17) is 23.4 Å². The molecule has 2 aromatic rings. The fourth-order valence-electron chi connectivity index (χ4n) is 4.77. The molecule has 1 atom stereocenters. The highest BCUT2D eigenvalue weighted by molar-refractivity contribution is 5.84. The van der Waals surface area contributed by atoms with Crippen LogP contribution >= 0.6 is 0 Å². The number of carbonyl (C=O) groups excluding carboxylic acids is 3. The molecule has 11 nitrogen and oxygen atoms in total. The highest BCUT2D eigenvalue weighted by atomic mass is 16.6. The smallest absolute Gasteiger partial charge is 0.410 e. The van der Waals surface area contributed by atoms with Crippen LogP contribution in [-0.4, -0.2) is 104 Å². The van der Waals surface area contributed by atoms with Gasteiger partial charge in [0, 0.05) is 52.4 Å². The van der Waals surface area contributed by atoms with Crippen LogP contribution in [0.2, 0.25) is 0 Å². The van der Waals surface area contributed by atoms with Gasteiger partial charge in [-0.15, -0.1) is 0 Å². The van der Waals surface area contributed by atoms with Gasteiger partial charge in [-0.25, -0.2) is 9.59 Å². The van der Waals surface area contributed by atoms with Crippen LogP contribution in [0.25, 0.3) is 11.0 Å². The number of benzene rings is 1. The molecular weight excluding hydrogens is 590 g/mol. The molecule has 260 valence electrons. The number of nitrogens with zero attached hydrogens (tertiary/aromatic N) is 3. The lowest BCUT2D eigenvalue weighted by Gasteiger charge is -2.39. The van der Waals surface area contributed by atoms with Gasteiger partial charge >= 0.3 is 12.2 Å². The number of hydrogen-bond donors (Lipinski definition) is 0. The predicted octanol–water partition coefficient (Wildman–Crippen LogP) is 6.76. The molecule has 2 aliphatic rings. The molecule has 1 saturated carbocycles. The SMILES string of the molecule is CC.CC(C)COC(=O)N1CCN(C(=O)OC(C)(C)C)C(C)C1.COCCCOc1cc(CCN(C=O)C2CC2)cc2occc12. The number of piperazine rings is 1. The maximum atomic E-state index is 12.1. The molecule has 1 saturated heterocycles. The Labute approximate surface area is 275 Å². The maximum Gasteiger partial charge on any atom is 0.410 e. The van der Waals surface area contributed by atoms with Crippen molar-refractivity contribution in [2.24, 2.45) is 5.92 Å². The van der Waals surface area contributed by atoms with Gasteiger partial charge in [0.25, 0.3) is 0 Å². The number of carbonyl (C=O) groups is 3. The lowest BCUT2D eigenvalue weighted by Crippen LogP contribution is -2.56. The Bertz CT molecular complexity index is 1200. The molecule has 0 spiro atoms. The molecule has 46 heavy (non-hydrogen) atoms. The van der Waals surface area contributed by atoms with Crippen LogP contribution in [0.15, 0.2) is 28.9 Å². The minimum Gasteiger partial charge on any atom is -0.493 e. The Morgan fingerprint density at radius 2 is 1.83 bits per heavy atom. The van der Waals surface area contributed by atoms with Gasteiger partial charge in [-0.3, -0.25) is 4.79 Å². The summed E-state index contributed by atoms with van der Waals surface area (Å²) >= 11 is 0. The van der Waals surface area contributed by atoms with Gasteiger partial charge in [0.1, 0.15) is 16.9 Å². The van der Waals surface area contributed by atoms with Crippen LogP contribution in [0.4, 0.5) is 9.59 Å². The predicted molar refractivity (Wildman–Crippen MR) is 179 cm³/mol. The molecule has 0 bridgehead atoms. The van der Waals surface area contributed by atoms with E-state index in [1.807, 2.05) is 72.4 Å². The molecule has 0 radical (unpaired) electrons. The quantitative estimate of drug-likeness (QED) is 0.184. The number of rotatable bonds is 12. The second-order valence-corrected chi connectivity index (χ2v) is 12.9. The van der Waals surface area contributed by atoms with Gasteiger partial charge in [-0.2, -0.15) is 0 Å². The van der Waals surface area contributed by atoms with Crippen molar-refractivity contribution in [3.05, 3.63) is 30.0 Å². The van der Waals surface area contributed by atoms with Crippen LogP contribution in [0.5, 0.6) is 5.75 Å². The summed E-state index contributed by atoms with van der Waals surface area (Å²) < 4.78 is 27.1. The van der Waals surface area contributed by atoms with Crippen LogP contribution in [-0.2, 0) is 25.4 Å². The third kappa shape index (κ3) is 13.1. The molecule has 2 heterocycles. The van der Waals surface area contributed by atoms with E-state index in [-0.39, 0.29) is 18.2 Å². The lowest BCUT2D eigenvalue weighted by molar-refractivity contribution is -0.118. The summed E-state index contributed by atoms with van der Waals surface area (Å²) in [4.78, 5) is 40.3. The molecule has 1 aliphatic carbocycles. The zero-order chi connectivity index (χ0) is 34.3. The third-order valence-corrected chi connectivity index (χ3v) is 7.21. The Balaban J connectivity index is 0.000000305. The van der Waals surface area contributed by atoms with Crippen LogP contribution in [0.1, 0.15) is 80.2 Å². The van der Waals surface area contributed by atoms with Gasteiger partial charge in [0.15, 0.2) is 0 Å². The van der Waals surface area contributed by atoms with Crippen LogP contribution in [0.3, 0.4) is 0 Å². The molecule has 1 aliphatic heterocycles. The molecular formula is C35H57N3O8. The second-order valence-electron chi connectivity index (χ2n) is 12.9. The number of ether oxygens (including phenoxy) is 4. The van der Waals surface area contributed by atoms with Gasteiger partial charge in [0.2, 0.25) is 6.41 Å². The molecule has 4 rings (SSSR count). The number of hydrogen-bond acceptors (Lipinski definition) is 8. The lowest BCUT2D eigenvalue weighted by atomic mass is 10.1. The van der Waals surface area contributed by atoms with Crippen LogP contribution < -0.4 is 4.74 Å². The van der Waals surface area contributed by atoms with Crippen molar-refractivity contribution in [1.82, 2.24) is 14.7 Å². The van der Waals surface area contributed by atoms with Crippen LogP contribution in [0, 0.1) is 5.92 Å². The van der Waals surface area contributed by atoms with Crippen molar-refractivity contribution in [2.45, 2.75) is 98.8 Å². The summed E-state index contributed by atoms with van der Waals surface area (Å²) in [6.07, 6.45) is 5.92. The average molecular weight is 648 g/mol. The Morgan fingerprint density at radius 3 is 2.41 bits per heavy atom. The van der Waals surface area contributed by atoms with Crippen molar-refractivity contribution >= 4 is 29.6 Å². The topological polar surface area (TPSA) is 111 Å². The standard InChI is InChI=1S/C18H23NO4.C15H28N2O4.C2H6/c1-21-8-2-9-22-17-11-14(12-18-16(17)6-10-23-18)5-7-19(13-20)15-3-4-15;1-11(2)10-20-13(18)16-7-8-17(12(3)9-16)14(19)21-15(4,5)6;1-2/h6,10-13,15H,2-5,7-9H2,1H3;11-12H,7-10H2,1-6H3;1-2H3. The van der Waals surface area contributed by atoms with Crippen molar-refractivity contribution < 1.29 is 37.7 Å². The molecule has 2 fully saturated rings. The molecule has 1 unspecified atom stereocenters. The minimum absolute atomic E-state index is 0.0831. The first-order chi connectivity index (χ1) is 21.9. The van der Waals surface area contributed by atoms with E-state index in [2.05, 4.69) is 6.07 Å². The zero-order valence-corrected chi connectivity index (χ0v) is 29.5. The highest BCUT2D eigenvalue weighted by Gasteiger charge is 2.33. The van der Waals surface area contributed by atoms with E-state index < -0.39 is 5.60 Å². The van der Waals surface area contributed by atoms with Gasteiger partial charge in [0.05, 0.1) is 30.9 Å². The monoisotopic (exact) mass is 647 g/mol. The fourth-order valence-corrected chi connectivity index (χ4v) is 4.77. The van der Waals surface area contributed by atoms with E-state index in [1.165, 1.54) is 0 Å². The van der Waals surface area contributed by atoms with Crippen molar-refractivity contribution in [1.29, 1.82) is 0 Å². The molecule has 0 N–H and O–H groups in total. The number of furan rings is 1. The normalized spacial score (nSPS) is 16.2. The van der Waals surface area contributed by atoms with Gasteiger partial charge in [-0.05, 0) is 76.6 Å².